The number of likely N-dealkylation sites (tertiary alicyclic amines) is 1. The molecule has 8 heteroatoms. The highest BCUT2D eigenvalue weighted by atomic mass is 32.2. The summed E-state index contributed by atoms with van der Waals surface area (Å²) in [6.07, 6.45) is 1.92. The van der Waals surface area contributed by atoms with Crippen molar-refractivity contribution in [2.45, 2.75) is 38.8 Å². The number of amides is 1. The van der Waals surface area contributed by atoms with Crippen LogP contribution in [0.3, 0.4) is 0 Å². The van der Waals surface area contributed by atoms with Gasteiger partial charge in [-0.3, -0.25) is 9.52 Å². The molecule has 0 aliphatic carbocycles. The molecule has 1 aliphatic heterocycles. The molecular formula is C17H27N3O4S. The zero-order chi connectivity index (χ0) is 18.4. The van der Waals surface area contributed by atoms with Crippen LogP contribution in [-0.2, 0) is 14.8 Å². The van der Waals surface area contributed by atoms with Crippen LogP contribution >= 0.6 is 0 Å². The molecule has 7 nitrogen and oxygen atoms in total. The predicted molar refractivity (Wildman–Crippen MR) is 98.3 cm³/mol. The van der Waals surface area contributed by atoms with Crippen molar-refractivity contribution in [3.63, 3.8) is 0 Å². The number of hydrogen-bond donors (Lipinski definition) is 2. The summed E-state index contributed by atoms with van der Waals surface area (Å²) in [7, 11) is -1.89. The minimum atomic E-state index is -3.75. The molecule has 0 aromatic heterocycles. The third kappa shape index (κ3) is 6.21. The van der Waals surface area contributed by atoms with Crippen LogP contribution < -0.4 is 14.8 Å². The normalized spacial score (nSPS) is 18.2. The van der Waals surface area contributed by atoms with Gasteiger partial charge in [-0.05, 0) is 58.0 Å². The smallest absolute Gasteiger partial charge is 0.241 e. The van der Waals surface area contributed by atoms with Crippen molar-refractivity contribution in [2.75, 3.05) is 30.6 Å². The van der Waals surface area contributed by atoms with Crippen LogP contribution in [-0.4, -0.2) is 57.3 Å². The summed E-state index contributed by atoms with van der Waals surface area (Å²) in [6.45, 7) is 4.99. The highest BCUT2D eigenvalue weighted by Gasteiger charge is 2.26. The number of piperidine rings is 1. The summed E-state index contributed by atoms with van der Waals surface area (Å²) in [4.78, 5) is 13.9. The van der Waals surface area contributed by atoms with Crippen LogP contribution in [0.25, 0.3) is 0 Å². The van der Waals surface area contributed by atoms with Gasteiger partial charge in [-0.1, -0.05) is 0 Å². The maximum atomic E-state index is 12.3. The fourth-order valence-electron chi connectivity index (χ4n) is 2.78. The molecule has 0 spiro atoms. The van der Waals surface area contributed by atoms with E-state index in [1.807, 2.05) is 20.9 Å². The average Bonchev–Trinajstić information content (AvgIpc) is 2.55. The lowest BCUT2D eigenvalue weighted by Crippen LogP contribution is -2.48. The third-order valence-electron chi connectivity index (χ3n) is 4.00. The number of hydrogen-bond acceptors (Lipinski definition) is 5. The van der Waals surface area contributed by atoms with Crippen molar-refractivity contribution >= 4 is 21.6 Å². The van der Waals surface area contributed by atoms with Gasteiger partial charge in [0.05, 0.1) is 6.10 Å². The average molecular weight is 369 g/mol. The second kappa shape index (κ2) is 8.53. The van der Waals surface area contributed by atoms with Gasteiger partial charge in [-0.2, -0.15) is 0 Å². The maximum Gasteiger partial charge on any atom is 0.241 e. The van der Waals surface area contributed by atoms with Crippen molar-refractivity contribution in [2.24, 2.45) is 0 Å². The Labute approximate surface area is 149 Å². The van der Waals surface area contributed by atoms with Crippen molar-refractivity contribution in [1.29, 1.82) is 0 Å². The molecule has 0 radical (unpaired) electrons. The van der Waals surface area contributed by atoms with Gasteiger partial charge >= 0.3 is 0 Å². The summed E-state index contributed by atoms with van der Waals surface area (Å²) in [5, 5.41) is 3.14. The summed E-state index contributed by atoms with van der Waals surface area (Å²) >= 11 is 0. The monoisotopic (exact) mass is 369 g/mol. The van der Waals surface area contributed by atoms with Gasteiger partial charge < -0.3 is 15.0 Å². The van der Waals surface area contributed by atoms with Gasteiger partial charge in [0, 0.05) is 24.8 Å². The van der Waals surface area contributed by atoms with E-state index in [9.17, 15) is 13.2 Å². The van der Waals surface area contributed by atoms with E-state index in [1.54, 1.807) is 29.2 Å². The van der Waals surface area contributed by atoms with E-state index in [0.29, 0.717) is 24.5 Å². The number of benzene rings is 1. The molecule has 1 atom stereocenters. The Balaban J connectivity index is 1.93. The predicted octanol–water partition coefficient (Wildman–Crippen LogP) is 1.43. The molecule has 2 N–H and O–H groups in total. The molecule has 1 saturated heterocycles. The lowest BCUT2D eigenvalue weighted by molar-refractivity contribution is -0.129. The fraction of sp³-hybridized carbons (Fsp3) is 0.588. The topological polar surface area (TPSA) is 87.7 Å². The van der Waals surface area contributed by atoms with E-state index in [2.05, 4.69) is 10.0 Å². The number of rotatable bonds is 7. The number of sulfonamides is 1. The first-order valence-corrected chi connectivity index (χ1v) is 10.2. The van der Waals surface area contributed by atoms with Crippen molar-refractivity contribution in [3.8, 4) is 5.75 Å². The second-order valence-corrected chi connectivity index (χ2v) is 8.24. The molecule has 1 fully saturated rings. The molecule has 1 amide bonds. The summed E-state index contributed by atoms with van der Waals surface area (Å²) in [6, 6.07) is 6.86. The number of carbonyl (C=O) groups is 1. The fourth-order valence-corrected chi connectivity index (χ4v) is 3.86. The number of ether oxygens (including phenoxy) is 1. The number of likely N-dealkylation sites (N-methyl/N-ethyl adjacent to an activating group) is 1. The van der Waals surface area contributed by atoms with Gasteiger partial charge in [-0.25, -0.2) is 8.42 Å². The highest BCUT2D eigenvalue weighted by Crippen LogP contribution is 2.18. The molecule has 1 aromatic carbocycles. The Hall–Kier alpha value is -1.80. The maximum absolute atomic E-state index is 12.3. The van der Waals surface area contributed by atoms with Crippen molar-refractivity contribution in [3.05, 3.63) is 24.3 Å². The Morgan fingerprint density at radius 2 is 2.00 bits per heavy atom. The van der Waals surface area contributed by atoms with Gasteiger partial charge in [0.1, 0.15) is 11.5 Å². The molecular weight excluding hydrogens is 342 g/mol. The minimum absolute atomic E-state index is 0.0474. The van der Waals surface area contributed by atoms with Crippen LogP contribution in [0.15, 0.2) is 24.3 Å². The zero-order valence-corrected chi connectivity index (χ0v) is 15.8. The number of nitrogens with one attached hydrogen (secondary N) is 2. The molecule has 2 rings (SSSR count). The standard InChI is InChI=1S/C17H27N3O4S/c1-13(2)24-16-8-6-14(7-9-16)19-25(22,23)12-17(21)20-10-4-5-15(11-20)18-3/h6-9,13,15,18-19H,4-5,10-12H2,1-3H3. The van der Waals surface area contributed by atoms with Crippen LogP contribution in [0.1, 0.15) is 26.7 Å². The van der Waals surface area contributed by atoms with Gasteiger partial charge in [0.15, 0.2) is 0 Å². The number of carbonyl (C=O) groups excluding carboxylic acids is 1. The molecule has 0 saturated carbocycles. The Bertz CT molecular complexity index is 674. The van der Waals surface area contributed by atoms with Crippen LogP contribution in [0, 0.1) is 0 Å². The third-order valence-corrected chi connectivity index (χ3v) is 5.17. The molecule has 1 aromatic rings. The van der Waals surface area contributed by atoms with E-state index < -0.39 is 15.8 Å². The first-order valence-electron chi connectivity index (χ1n) is 8.51. The second-order valence-electron chi connectivity index (χ2n) is 6.52. The summed E-state index contributed by atoms with van der Waals surface area (Å²) < 4.78 is 32.5. The lowest BCUT2D eigenvalue weighted by atomic mass is 10.1. The van der Waals surface area contributed by atoms with E-state index in [0.717, 1.165) is 12.8 Å². The molecule has 25 heavy (non-hydrogen) atoms. The highest BCUT2D eigenvalue weighted by molar-refractivity contribution is 7.93. The summed E-state index contributed by atoms with van der Waals surface area (Å²) in [5.41, 5.74) is 0.413. The van der Waals surface area contributed by atoms with Gasteiger partial charge in [0.25, 0.3) is 0 Å². The van der Waals surface area contributed by atoms with E-state index >= 15 is 0 Å². The van der Waals surface area contributed by atoms with E-state index in [4.69, 9.17) is 4.74 Å². The Morgan fingerprint density at radius 1 is 1.32 bits per heavy atom. The summed E-state index contributed by atoms with van der Waals surface area (Å²) in [5.74, 6) is -0.249. The van der Waals surface area contributed by atoms with Crippen LogP contribution in [0.4, 0.5) is 5.69 Å². The molecule has 1 unspecified atom stereocenters. The lowest BCUT2D eigenvalue weighted by Gasteiger charge is -2.32. The number of anilines is 1. The zero-order valence-electron chi connectivity index (χ0n) is 15.0. The minimum Gasteiger partial charge on any atom is -0.491 e. The van der Waals surface area contributed by atoms with E-state index in [-0.39, 0.29) is 18.1 Å². The van der Waals surface area contributed by atoms with Gasteiger partial charge in [0.2, 0.25) is 15.9 Å². The largest absolute Gasteiger partial charge is 0.491 e. The molecule has 1 heterocycles. The Morgan fingerprint density at radius 3 is 2.60 bits per heavy atom. The first-order chi connectivity index (χ1) is 11.8. The quantitative estimate of drug-likeness (QED) is 0.759. The Kier molecular flexibility index (Phi) is 6.66. The SMILES string of the molecule is CNC1CCCN(C(=O)CS(=O)(=O)Nc2ccc(OC(C)C)cc2)C1. The van der Waals surface area contributed by atoms with Crippen LogP contribution in [0.2, 0.25) is 0 Å². The van der Waals surface area contributed by atoms with Crippen LogP contribution in [0.5, 0.6) is 5.75 Å². The van der Waals surface area contributed by atoms with Crippen molar-refractivity contribution in [1.82, 2.24) is 10.2 Å². The van der Waals surface area contributed by atoms with Gasteiger partial charge in [-0.15, -0.1) is 0 Å². The number of nitrogens with zero attached hydrogens (tertiary/aromatic N) is 1. The molecule has 0 bridgehead atoms. The van der Waals surface area contributed by atoms with E-state index in [1.165, 1.54) is 0 Å². The molecule has 140 valence electrons. The first kappa shape index (κ1) is 19.5. The van der Waals surface area contributed by atoms with Crippen molar-refractivity contribution < 1.29 is 17.9 Å². The molecule has 1 aliphatic rings.